The second kappa shape index (κ2) is 10.1. The Morgan fingerprint density at radius 2 is 1.75 bits per heavy atom. The standard InChI is InChI=1S/C26H27N3O6S/c1-17(2)19-6-10-21(11-7-19)29-25(31)15-24(26(29)32)28(16-22-5-4-14-35-22)36(33,34)23-12-8-20(9-13-23)27-18(3)30/h4-14,17,24H,15-16H2,1-3H3,(H,27,30). The van der Waals surface area contributed by atoms with E-state index in [0.29, 0.717) is 17.1 Å². The lowest BCUT2D eigenvalue weighted by atomic mass is 10.0. The molecule has 1 saturated heterocycles. The second-order valence-corrected chi connectivity index (χ2v) is 10.8. The third kappa shape index (κ3) is 5.09. The summed E-state index contributed by atoms with van der Waals surface area (Å²) in [6.45, 7) is 5.20. The predicted octanol–water partition coefficient (Wildman–Crippen LogP) is 3.88. The van der Waals surface area contributed by atoms with E-state index in [1.54, 1.807) is 24.3 Å². The fourth-order valence-electron chi connectivity index (χ4n) is 4.09. The number of furan rings is 1. The third-order valence-electron chi connectivity index (χ3n) is 5.96. The number of benzene rings is 2. The first kappa shape index (κ1) is 25.3. The fourth-order valence-corrected chi connectivity index (χ4v) is 5.64. The quantitative estimate of drug-likeness (QED) is 0.461. The minimum atomic E-state index is -4.22. The van der Waals surface area contributed by atoms with Crippen LogP contribution in [0.15, 0.2) is 76.2 Å². The van der Waals surface area contributed by atoms with Crippen molar-refractivity contribution >= 4 is 39.1 Å². The maximum Gasteiger partial charge on any atom is 0.252 e. The van der Waals surface area contributed by atoms with E-state index in [1.807, 2.05) is 26.0 Å². The largest absolute Gasteiger partial charge is 0.468 e. The van der Waals surface area contributed by atoms with Crippen molar-refractivity contribution in [2.75, 3.05) is 10.2 Å². The van der Waals surface area contributed by atoms with Gasteiger partial charge in [-0.25, -0.2) is 13.3 Å². The van der Waals surface area contributed by atoms with Crippen LogP contribution in [0, 0.1) is 0 Å². The van der Waals surface area contributed by atoms with Gasteiger partial charge in [0, 0.05) is 12.6 Å². The van der Waals surface area contributed by atoms with Gasteiger partial charge in [-0.1, -0.05) is 26.0 Å². The SMILES string of the molecule is CC(=O)Nc1ccc(S(=O)(=O)N(Cc2ccco2)C2CC(=O)N(c3ccc(C(C)C)cc3)C2=O)cc1. The number of sulfonamides is 1. The zero-order valence-corrected chi connectivity index (χ0v) is 21.0. The van der Waals surface area contributed by atoms with Crippen LogP contribution in [0.25, 0.3) is 0 Å². The van der Waals surface area contributed by atoms with Crippen LogP contribution in [0.2, 0.25) is 0 Å². The van der Waals surface area contributed by atoms with Crippen molar-refractivity contribution in [2.45, 2.75) is 50.6 Å². The summed E-state index contributed by atoms with van der Waals surface area (Å²) in [6.07, 6.45) is 1.11. The van der Waals surface area contributed by atoms with Gasteiger partial charge in [-0.05, 0) is 60.0 Å². The molecular weight excluding hydrogens is 482 g/mol. The van der Waals surface area contributed by atoms with Crippen molar-refractivity contribution in [1.82, 2.24) is 4.31 Å². The van der Waals surface area contributed by atoms with E-state index in [0.717, 1.165) is 14.8 Å². The molecule has 1 aliphatic rings. The van der Waals surface area contributed by atoms with Crippen LogP contribution < -0.4 is 10.2 Å². The lowest BCUT2D eigenvalue weighted by Gasteiger charge is -2.26. The highest BCUT2D eigenvalue weighted by molar-refractivity contribution is 7.89. The molecule has 1 aromatic heterocycles. The number of carbonyl (C=O) groups is 3. The Hall–Kier alpha value is -3.76. The molecule has 9 nitrogen and oxygen atoms in total. The lowest BCUT2D eigenvalue weighted by Crippen LogP contribution is -2.45. The first-order chi connectivity index (χ1) is 17.1. The number of amides is 3. The Bertz CT molecular complexity index is 1360. The smallest absolute Gasteiger partial charge is 0.252 e. The molecule has 188 valence electrons. The molecule has 1 unspecified atom stereocenters. The molecule has 2 heterocycles. The minimum Gasteiger partial charge on any atom is -0.468 e. The number of hydrogen-bond donors (Lipinski definition) is 1. The van der Waals surface area contributed by atoms with E-state index in [1.165, 1.54) is 37.5 Å². The van der Waals surface area contributed by atoms with Crippen molar-refractivity contribution in [3.8, 4) is 0 Å². The van der Waals surface area contributed by atoms with Gasteiger partial charge < -0.3 is 9.73 Å². The summed E-state index contributed by atoms with van der Waals surface area (Å²) in [6, 6.07) is 14.7. The lowest BCUT2D eigenvalue weighted by molar-refractivity contribution is -0.122. The summed E-state index contributed by atoms with van der Waals surface area (Å²) in [4.78, 5) is 38.7. The number of nitrogens with one attached hydrogen (secondary N) is 1. The molecule has 0 radical (unpaired) electrons. The molecule has 1 N–H and O–H groups in total. The van der Waals surface area contributed by atoms with Crippen LogP contribution in [0.5, 0.6) is 0 Å². The zero-order valence-electron chi connectivity index (χ0n) is 20.2. The summed E-state index contributed by atoms with van der Waals surface area (Å²) in [5, 5.41) is 2.58. The Morgan fingerprint density at radius 1 is 1.08 bits per heavy atom. The molecule has 3 amide bonds. The van der Waals surface area contributed by atoms with Crippen molar-refractivity contribution in [2.24, 2.45) is 0 Å². The average molecular weight is 510 g/mol. The number of hydrogen-bond acceptors (Lipinski definition) is 6. The highest BCUT2D eigenvalue weighted by atomic mass is 32.2. The molecule has 36 heavy (non-hydrogen) atoms. The Kier molecular flexibility index (Phi) is 7.09. The molecule has 0 saturated carbocycles. The average Bonchev–Trinajstić information content (AvgIpc) is 3.44. The van der Waals surface area contributed by atoms with Crippen LogP contribution in [-0.2, 0) is 31.0 Å². The van der Waals surface area contributed by atoms with Gasteiger partial charge in [0.1, 0.15) is 11.8 Å². The predicted molar refractivity (Wildman–Crippen MR) is 134 cm³/mol. The summed E-state index contributed by atoms with van der Waals surface area (Å²) >= 11 is 0. The summed E-state index contributed by atoms with van der Waals surface area (Å²) in [5.74, 6) is -0.789. The molecule has 1 aliphatic heterocycles. The van der Waals surface area contributed by atoms with Gasteiger partial charge in [0.25, 0.3) is 5.91 Å². The monoisotopic (exact) mass is 509 g/mol. The van der Waals surface area contributed by atoms with E-state index < -0.39 is 27.9 Å². The third-order valence-corrected chi connectivity index (χ3v) is 7.83. The van der Waals surface area contributed by atoms with E-state index >= 15 is 0 Å². The number of nitrogens with zero attached hydrogens (tertiary/aromatic N) is 2. The maximum absolute atomic E-state index is 13.7. The van der Waals surface area contributed by atoms with Gasteiger partial charge in [0.05, 0.1) is 29.8 Å². The minimum absolute atomic E-state index is 0.0804. The number of anilines is 2. The molecule has 3 aromatic rings. The van der Waals surface area contributed by atoms with E-state index in [2.05, 4.69) is 5.32 Å². The van der Waals surface area contributed by atoms with Crippen molar-refractivity contribution in [3.05, 3.63) is 78.3 Å². The normalized spacial score (nSPS) is 16.2. The molecule has 4 rings (SSSR count). The maximum atomic E-state index is 13.7. The van der Waals surface area contributed by atoms with Crippen molar-refractivity contribution < 1.29 is 27.2 Å². The highest BCUT2D eigenvalue weighted by Crippen LogP contribution is 2.31. The Balaban J connectivity index is 1.68. The topological polar surface area (TPSA) is 117 Å². The van der Waals surface area contributed by atoms with Crippen molar-refractivity contribution in [1.29, 1.82) is 0 Å². The molecule has 10 heteroatoms. The van der Waals surface area contributed by atoms with Crippen LogP contribution in [0.4, 0.5) is 11.4 Å². The first-order valence-electron chi connectivity index (χ1n) is 11.5. The molecule has 1 atom stereocenters. The number of imide groups is 1. The van der Waals surface area contributed by atoms with Gasteiger partial charge in [-0.3, -0.25) is 14.4 Å². The molecule has 1 fully saturated rings. The van der Waals surface area contributed by atoms with E-state index in [9.17, 15) is 22.8 Å². The van der Waals surface area contributed by atoms with Crippen molar-refractivity contribution in [3.63, 3.8) is 0 Å². The Morgan fingerprint density at radius 3 is 2.31 bits per heavy atom. The molecule has 2 aromatic carbocycles. The molecular formula is C26H27N3O6S. The second-order valence-electron chi connectivity index (χ2n) is 8.87. The fraction of sp³-hybridized carbons (Fsp3) is 0.269. The van der Waals surface area contributed by atoms with Gasteiger partial charge in [0.2, 0.25) is 21.8 Å². The van der Waals surface area contributed by atoms with Gasteiger partial charge in [-0.15, -0.1) is 0 Å². The molecule has 0 bridgehead atoms. The summed E-state index contributed by atoms with van der Waals surface area (Å²) in [5.41, 5.74) is 1.88. The van der Waals surface area contributed by atoms with Crippen LogP contribution in [0.1, 0.15) is 44.4 Å². The van der Waals surface area contributed by atoms with Gasteiger partial charge in [0.15, 0.2) is 0 Å². The molecule has 0 aliphatic carbocycles. The van der Waals surface area contributed by atoms with Crippen LogP contribution >= 0.6 is 0 Å². The van der Waals surface area contributed by atoms with Gasteiger partial charge in [-0.2, -0.15) is 4.31 Å². The van der Waals surface area contributed by atoms with Gasteiger partial charge >= 0.3 is 0 Å². The van der Waals surface area contributed by atoms with Crippen LogP contribution in [-0.4, -0.2) is 36.5 Å². The number of rotatable bonds is 8. The van der Waals surface area contributed by atoms with E-state index in [4.69, 9.17) is 4.42 Å². The highest BCUT2D eigenvalue weighted by Gasteiger charge is 2.47. The summed E-state index contributed by atoms with van der Waals surface area (Å²) < 4.78 is 33.8. The van der Waals surface area contributed by atoms with Crippen LogP contribution in [0.3, 0.4) is 0 Å². The molecule has 0 spiro atoms. The summed E-state index contributed by atoms with van der Waals surface area (Å²) in [7, 11) is -4.22. The number of carbonyl (C=O) groups excluding carboxylic acids is 3. The zero-order chi connectivity index (χ0) is 26.0. The Labute approximate surface area is 209 Å². The first-order valence-corrected chi connectivity index (χ1v) is 12.9. The van der Waals surface area contributed by atoms with E-state index in [-0.39, 0.29) is 29.7 Å².